The maximum Gasteiger partial charge on any atom is 0.165 e. The van der Waals surface area contributed by atoms with Gasteiger partial charge in [0.1, 0.15) is 0 Å². The molecule has 1 saturated heterocycles. The second-order valence-corrected chi connectivity index (χ2v) is 4.41. The van der Waals surface area contributed by atoms with E-state index in [0.717, 1.165) is 31.7 Å². The highest BCUT2D eigenvalue weighted by atomic mass is 19.1. The number of nitrogens with zero attached hydrogens (tertiary/aromatic N) is 2. The van der Waals surface area contributed by atoms with Crippen LogP contribution in [0.4, 0.5) is 4.39 Å². The average molecular weight is 239 g/mol. The van der Waals surface area contributed by atoms with Crippen LogP contribution < -0.4 is 5.43 Å². The monoisotopic (exact) mass is 239 g/mol. The van der Waals surface area contributed by atoms with Crippen molar-refractivity contribution in [2.24, 2.45) is 0 Å². The van der Waals surface area contributed by atoms with E-state index in [1.807, 2.05) is 0 Å². The van der Waals surface area contributed by atoms with Crippen LogP contribution in [0.1, 0.15) is 5.56 Å². The summed E-state index contributed by atoms with van der Waals surface area (Å²) in [6, 6.07) is 4.47. The van der Waals surface area contributed by atoms with Crippen molar-refractivity contribution in [1.29, 1.82) is 0 Å². The van der Waals surface area contributed by atoms with Gasteiger partial charge in [0.25, 0.3) is 0 Å². The number of phenols is 1. The number of piperazine rings is 1. The normalized spacial score (nSPS) is 18.5. The Morgan fingerprint density at radius 1 is 1.29 bits per heavy atom. The molecule has 1 fully saturated rings. The van der Waals surface area contributed by atoms with Gasteiger partial charge in [-0.15, -0.1) is 0 Å². The third-order valence-electron chi connectivity index (χ3n) is 3.02. The van der Waals surface area contributed by atoms with Crippen molar-refractivity contribution in [3.8, 4) is 5.75 Å². The lowest BCUT2D eigenvalue weighted by Gasteiger charge is -2.32. The van der Waals surface area contributed by atoms with Crippen LogP contribution in [0, 0.1) is 5.82 Å². The number of benzene rings is 1. The van der Waals surface area contributed by atoms with E-state index < -0.39 is 5.82 Å². The van der Waals surface area contributed by atoms with Gasteiger partial charge in [-0.3, -0.25) is 5.43 Å². The Hall–Kier alpha value is -1.17. The standard InChI is InChI=1S/C12H18FN3O/c1-15-4-6-16(7-5-15)14-9-10-2-3-12(17)11(13)8-10/h2-3,8,14,17H,4-7,9H2,1H3. The van der Waals surface area contributed by atoms with Crippen LogP contribution in [0.5, 0.6) is 5.75 Å². The zero-order valence-electron chi connectivity index (χ0n) is 9.99. The van der Waals surface area contributed by atoms with E-state index in [2.05, 4.69) is 22.4 Å². The lowest BCUT2D eigenvalue weighted by atomic mass is 10.2. The van der Waals surface area contributed by atoms with Gasteiger partial charge >= 0.3 is 0 Å². The molecular formula is C12H18FN3O. The zero-order valence-corrected chi connectivity index (χ0v) is 9.99. The summed E-state index contributed by atoms with van der Waals surface area (Å²) in [5.41, 5.74) is 4.10. The molecule has 1 aliphatic rings. The summed E-state index contributed by atoms with van der Waals surface area (Å²) in [4.78, 5) is 2.28. The number of halogens is 1. The van der Waals surface area contributed by atoms with Crippen molar-refractivity contribution in [3.05, 3.63) is 29.6 Å². The predicted molar refractivity (Wildman–Crippen MR) is 64.0 cm³/mol. The minimum Gasteiger partial charge on any atom is -0.505 e. The van der Waals surface area contributed by atoms with Gasteiger partial charge in [0.05, 0.1) is 0 Å². The number of hydrazine groups is 1. The maximum absolute atomic E-state index is 13.1. The number of hydrogen-bond acceptors (Lipinski definition) is 4. The Morgan fingerprint density at radius 3 is 2.65 bits per heavy atom. The van der Waals surface area contributed by atoms with Crippen LogP contribution in [0.2, 0.25) is 0 Å². The molecule has 94 valence electrons. The van der Waals surface area contributed by atoms with Crippen molar-refractivity contribution in [1.82, 2.24) is 15.3 Å². The highest BCUT2D eigenvalue weighted by molar-refractivity contribution is 5.27. The Bertz CT molecular complexity index is 378. The quantitative estimate of drug-likeness (QED) is 0.817. The SMILES string of the molecule is CN1CCN(NCc2ccc(O)c(F)c2)CC1. The second-order valence-electron chi connectivity index (χ2n) is 4.41. The summed E-state index contributed by atoms with van der Waals surface area (Å²) in [6.45, 7) is 4.60. The van der Waals surface area contributed by atoms with E-state index in [4.69, 9.17) is 5.11 Å². The highest BCUT2D eigenvalue weighted by Gasteiger charge is 2.13. The van der Waals surface area contributed by atoms with Gasteiger partial charge < -0.3 is 10.0 Å². The lowest BCUT2D eigenvalue weighted by Crippen LogP contribution is -2.50. The molecule has 0 saturated carbocycles. The van der Waals surface area contributed by atoms with E-state index in [0.29, 0.717) is 6.54 Å². The molecule has 0 aromatic heterocycles. The van der Waals surface area contributed by atoms with Crippen molar-refractivity contribution in [3.63, 3.8) is 0 Å². The molecule has 1 aromatic carbocycles. The number of phenolic OH excluding ortho intramolecular Hbond substituents is 1. The molecule has 1 aliphatic heterocycles. The molecule has 0 bridgehead atoms. The number of nitrogens with one attached hydrogen (secondary N) is 1. The van der Waals surface area contributed by atoms with Crippen molar-refractivity contribution >= 4 is 0 Å². The first-order valence-corrected chi connectivity index (χ1v) is 5.79. The number of likely N-dealkylation sites (N-methyl/N-ethyl adjacent to an activating group) is 1. The van der Waals surface area contributed by atoms with E-state index in [1.165, 1.54) is 12.1 Å². The Kier molecular flexibility index (Phi) is 3.93. The first kappa shape index (κ1) is 12.3. The van der Waals surface area contributed by atoms with Crippen LogP contribution in [0.3, 0.4) is 0 Å². The molecule has 0 amide bonds. The van der Waals surface area contributed by atoms with E-state index in [1.54, 1.807) is 6.07 Å². The van der Waals surface area contributed by atoms with E-state index in [9.17, 15) is 4.39 Å². The van der Waals surface area contributed by atoms with Gasteiger partial charge in [-0.25, -0.2) is 9.40 Å². The molecular weight excluding hydrogens is 221 g/mol. The molecule has 1 aromatic rings. The van der Waals surface area contributed by atoms with Gasteiger partial charge in [-0.1, -0.05) is 6.07 Å². The second kappa shape index (κ2) is 5.44. The predicted octanol–water partition coefficient (Wildman–Crippen LogP) is 0.783. The Labute approximate surface area is 101 Å². The fourth-order valence-electron chi connectivity index (χ4n) is 1.83. The molecule has 2 N–H and O–H groups in total. The molecule has 2 rings (SSSR count). The van der Waals surface area contributed by atoms with Gasteiger partial charge in [-0.2, -0.15) is 0 Å². The third kappa shape index (κ3) is 3.39. The zero-order chi connectivity index (χ0) is 12.3. The molecule has 1 heterocycles. The fourth-order valence-corrected chi connectivity index (χ4v) is 1.83. The average Bonchev–Trinajstić information content (AvgIpc) is 2.33. The van der Waals surface area contributed by atoms with Crippen LogP contribution >= 0.6 is 0 Å². The van der Waals surface area contributed by atoms with Crippen LogP contribution in [-0.2, 0) is 6.54 Å². The number of hydrogen-bond donors (Lipinski definition) is 2. The van der Waals surface area contributed by atoms with E-state index in [-0.39, 0.29) is 5.75 Å². The summed E-state index contributed by atoms with van der Waals surface area (Å²) in [6.07, 6.45) is 0. The van der Waals surface area contributed by atoms with Crippen molar-refractivity contribution in [2.45, 2.75) is 6.54 Å². The molecule has 5 heteroatoms. The van der Waals surface area contributed by atoms with Crippen LogP contribution in [-0.4, -0.2) is 48.2 Å². The molecule has 0 atom stereocenters. The summed E-state index contributed by atoms with van der Waals surface area (Å²) in [5.74, 6) is -0.865. The smallest absolute Gasteiger partial charge is 0.165 e. The topological polar surface area (TPSA) is 38.7 Å². The summed E-state index contributed by atoms with van der Waals surface area (Å²) >= 11 is 0. The Morgan fingerprint density at radius 2 is 2.00 bits per heavy atom. The summed E-state index contributed by atoms with van der Waals surface area (Å²) < 4.78 is 13.1. The highest BCUT2D eigenvalue weighted by Crippen LogP contribution is 2.16. The lowest BCUT2D eigenvalue weighted by molar-refractivity contribution is 0.102. The van der Waals surface area contributed by atoms with Gasteiger partial charge in [0, 0.05) is 32.7 Å². The minimum absolute atomic E-state index is 0.298. The fraction of sp³-hybridized carbons (Fsp3) is 0.500. The third-order valence-corrected chi connectivity index (χ3v) is 3.02. The molecule has 0 radical (unpaired) electrons. The molecule has 4 nitrogen and oxygen atoms in total. The largest absolute Gasteiger partial charge is 0.505 e. The molecule has 0 spiro atoms. The van der Waals surface area contributed by atoms with Gasteiger partial charge in [-0.05, 0) is 24.7 Å². The molecule has 0 unspecified atom stereocenters. The van der Waals surface area contributed by atoms with Gasteiger partial charge in [0.15, 0.2) is 11.6 Å². The number of rotatable bonds is 3. The minimum atomic E-state index is -0.567. The van der Waals surface area contributed by atoms with Crippen LogP contribution in [0.15, 0.2) is 18.2 Å². The summed E-state index contributed by atoms with van der Waals surface area (Å²) in [5, 5.41) is 11.2. The van der Waals surface area contributed by atoms with Crippen LogP contribution in [0.25, 0.3) is 0 Å². The molecule has 17 heavy (non-hydrogen) atoms. The molecule has 0 aliphatic carbocycles. The van der Waals surface area contributed by atoms with Crippen molar-refractivity contribution in [2.75, 3.05) is 33.2 Å². The maximum atomic E-state index is 13.1. The van der Waals surface area contributed by atoms with Crippen molar-refractivity contribution < 1.29 is 9.50 Å². The van der Waals surface area contributed by atoms with Gasteiger partial charge in [0.2, 0.25) is 0 Å². The van der Waals surface area contributed by atoms with E-state index >= 15 is 0 Å². The first-order chi connectivity index (χ1) is 8.15. The number of aromatic hydroxyl groups is 1. The Balaban J connectivity index is 1.83. The first-order valence-electron chi connectivity index (χ1n) is 5.79. The summed E-state index contributed by atoms with van der Waals surface area (Å²) in [7, 11) is 2.10.